The molecule has 0 bridgehead atoms. The normalized spacial score (nSPS) is 21.2. The second-order valence-corrected chi connectivity index (χ2v) is 12.2. The van der Waals surface area contributed by atoms with Gasteiger partial charge in [0, 0.05) is 6.32 Å². The summed E-state index contributed by atoms with van der Waals surface area (Å²) in [6.07, 6.45) is 3.13. The van der Waals surface area contributed by atoms with E-state index in [0.717, 1.165) is 6.32 Å². The van der Waals surface area contributed by atoms with Crippen molar-refractivity contribution >= 4 is 20.4 Å². The molecule has 0 spiro atoms. The van der Waals surface area contributed by atoms with Gasteiger partial charge in [-0.2, -0.15) is 0 Å². The molecule has 1 heterocycles. The van der Waals surface area contributed by atoms with Crippen molar-refractivity contribution in [3.05, 3.63) is 41.6 Å². The number of hydrogen-bond acceptors (Lipinski definition) is 2. The summed E-state index contributed by atoms with van der Waals surface area (Å²) in [5.41, 5.74) is -0.510. The van der Waals surface area contributed by atoms with E-state index in [1.807, 2.05) is 0 Å². The molecule has 1 aliphatic heterocycles. The summed E-state index contributed by atoms with van der Waals surface area (Å²) in [6.45, 7) is 15.4. The lowest BCUT2D eigenvalue weighted by atomic mass is 9.84. The zero-order chi connectivity index (χ0) is 16.6. The van der Waals surface area contributed by atoms with E-state index >= 15 is 0 Å². The average Bonchev–Trinajstić information content (AvgIpc) is 2.64. The molecule has 1 aliphatic rings. The molecule has 0 saturated carbocycles. The molecule has 0 aromatic heterocycles. The van der Waals surface area contributed by atoms with Crippen LogP contribution in [0.15, 0.2) is 41.6 Å². The zero-order valence-electron chi connectivity index (χ0n) is 15.1. The van der Waals surface area contributed by atoms with Crippen LogP contribution in [0.3, 0.4) is 0 Å². The lowest BCUT2D eigenvalue weighted by molar-refractivity contribution is 0.00578. The van der Waals surface area contributed by atoms with E-state index in [1.54, 1.807) is 0 Å². The van der Waals surface area contributed by atoms with Crippen LogP contribution in [0.4, 0.5) is 0 Å². The highest BCUT2D eigenvalue weighted by molar-refractivity contribution is 6.96. The van der Waals surface area contributed by atoms with Gasteiger partial charge >= 0.3 is 7.12 Å². The van der Waals surface area contributed by atoms with E-state index in [0.29, 0.717) is 0 Å². The predicted molar refractivity (Wildman–Crippen MR) is 98.2 cm³/mol. The molecule has 0 N–H and O–H groups in total. The molecule has 1 saturated heterocycles. The fourth-order valence-corrected chi connectivity index (χ4v) is 5.80. The molecule has 2 rings (SSSR count). The molecule has 1 aromatic carbocycles. The van der Waals surface area contributed by atoms with Crippen molar-refractivity contribution in [3.8, 4) is 0 Å². The Morgan fingerprint density at radius 3 is 2.00 bits per heavy atom. The fourth-order valence-electron chi connectivity index (χ4n) is 3.00. The Labute approximate surface area is 137 Å². The van der Waals surface area contributed by atoms with E-state index in [1.165, 1.54) is 10.4 Å². The van der Waals surface area contributed by atoms with E-state index in [-0.39, 0.29) is 18.3 Å². The van der Waals surface area contributed by atoms with Crippen molar-refractivity contribution in [2.75, 3.05) is 0 Å². The minimum atomic E-state index is -1.67. The molecule has 2 nitrogen and oxygen atoms in total. The average molecular weight is 316 g/mol. The first-order valence-electron chi connectivity index (χ1n) is 8.17. The lowest BCUT2D eigenvalue weighted by Crippen LogP contribution is -2.45. The third kappa shape index (κ3) is 3.24. The molecule has 120 valence electrons. The van der Waals surface area contributed by atoms with Crippen molar-refractivity contribution in [3.63, 3.8) is 0 Å². The first-order valence-corrected chi connectivity index (χ1v) is 11.2. The molecular weight excluding hydrogens is 287 g/mol. The van der Waals surface area contributed by atoms with Gasteiger partial charge in [0.2, 0.25) is 0 Å². The Hall–Kier alpha value is -0.838. The van der Waals surface area contributed by atoms with Gasteiger partial charge in [0.15, 0.2) is 0 Å². The summed E-state index contributed by atoms with van der Waals surface area (Å²) in [5, 5.41) is 2.94. The second-order valence-electron chi connectivity index (χ2n) is 7.69. The molecule has 4 heteroatoms. The van der Waals surface area contributed by atoms with Crippen molar-refractivity contribution in [2.45, 2.75) is 65.2 Å². The van der Waals surface area contributed by atoms with Crippen molar-refractivity contribution in [1.29, 1.82) is 0 Å². The van der Waals surface area contributed by atoms with Gasteiger partial charge in [0.05, 0.1) is 11.2 Å². The summed E-state index contributed by atoms with van der Waals surface area (Å²) in [7, 11) is -1.81. The lowest BCUT2D eigenvalue weighted by Gasteiger charge is -2.32. The van der Waals surface area contributed by atoms with Crippen LogP contribution >= 0.6 is 0 Å². The van der Waals surface area contributed by atoms with E-state index in [2.05, 4.69) is 84.1 Å². The molecule has 22 heavy (non-hydrogen) atoms. The van der Waals surface area contributed by atoms with Crippen LogP contribution in [0.5, 0.6) is 0 Å². The maximum absolute atomic E-state index is 6.19. The quantitative estimate of drug-likeness (QED) is 0.776. The summed E-state index contributed by atoms with van der Waals surface area (Å²) in [4.78, 5) is 0. The maximum Gasteiger partial charge on any atom is 0.461 e. The van der Waals surface area contributed by atoms with Gasteiger partial charge in [-0.15, -0.1) is 0 Å². The van der Waals surface area contributed by atoms with Gasteiger partial charge in [-0.05, 0) is 34.6 Å². The van der Waals surface area contributed by atoms with Gasteiger partial charge < -0.3 is 9.31 Å². The maximum atomic E-state index is 6.19. The van der Waals surface area contributed by atoms with Crippen LogP contribution in [0.2, 0.25) is 19.4 Å². The topological polar surface area (TPSA) is 18.5 Å². The number of rotatable bonds is 4. The summed E-state index contributed by atoms with van der Waals surface area (Å²) in [6, 6.07) is 10.8. The van der Waals surface area contributed by atoms with Crippen LogP contribution < -0.4 is 5.19 Å². The molecule has 0 unspecified atom stereocenters. The van der Waals surface area contributed by atoms with Crippen LogP contribution in [-0.4, -0.2) is 26.4 Å². The Bertz CT molecular complexity index is 533. The van der Waals surface area contributed by atoms with Crippen LogP contribution in [-0.2, 0) is 9.31 Å². The standard InChI is InChI=1S/C18H29BO2Si/c1-8-15(22(6,7)16-12-10-9-11-13-16)14-19-20-17(2,3)18(4,5)21-19/h8-13H,14H2,1-7H3/b15-8+. The summed E-state index contributed by atoms with van der Waals surface area (Å²) in [5.74, 6) is 0. The zero-order valence-corrected chi connectivity index (χ0v) is 16.1. The highest BCUT2D eigenvalue weighted by Crippen LogP contribution is 2.39. The number of allylic oxidation sites excluding steroid dienone is 2. The Kier molecular flexibility index (Phi) is 4.77. The van der Waals surface area contributed by atoms with E-state index < -0.39 is 8.07 Å². The SMILES string of the molecule is C/C=C(\CB1OC(C)(C)C(C)(C)O1)[Si](C)(C)c1ccccc1. The van der Waals surface area contributed by atoms with E-state index in [9.17, 15) is 0 Å². The van der Waals surface area contributed by atoms with Crippen molar-refractivity contribution in [1.82, 2.24) is 0 Å². The molecule has 0 aliphatic carbocycles. The molecule has 1 fully saturated rings. The second kappa shape index (κ2) is 5.99. The largest absolute Gasteiger partial charge is 0.461 e. The van der Waals surface area contributed by atoms with Crippen molar-refractivity contribution in [2.24, 2.45) is 0 Å². The smallest absolute Gasteiger partial charge is 0.403 e. The molecule has 0 amide bonds. The van der Waals surface area contributed by atoms with Gasteiger partial charge in [0.1, 0.15) is 8.07 Å². The first-order chi connectivity index (χ1) is 10.1. The summed E-state index contributed by atoms with van der Waals surface area (Å²) >= 11 is 0. The minimum Gasteiger partial charge on any atom is -0.403 e. The minimum absolute atomic E-state index is 0.147. The molecule has 0 atom stereocenters. The number of benzene rings is 1. The molecular formula is C18H29BO2Si. The highest BCUT2D eigenvalue weighted by Gasteiger charge is 2.51. The van der Waals surface area contributed by atoms with Gasteiger partial charge in [-0.1, -0.05) is 59.9 Å². The first kappa shape index (κ1) is 17.5. The molecule has 1 aromatic rings. The Balaban J connectivity index is 2.18. The summed E-state index contributed by atoms with van der Waals surface area (Å²) < 4.78 is 12.4. The molecule has 0 radical (unpaired) electrons. The monoisotopic (exact) mass is 316 g/mol. The van der Waals surface area contributed by atoms with Gasteiger partial charge in [-0.3, -0.25) is 0 Å². The predicted octanol–water partition coefficient (Wildman–Crippen LogP) is 4.18. The fraction of sp³-hybridized carbons (Fsp3) is 0.556. The highest BCUT2D eigenvalue weighted by atomic mass is 28.3. The Morgan fingerprint density at radius 2 is 1.55 bits per heavy atom. The third-order valence-electron chi connectivity index (χ3n) is 5.34. The van der Waals surface area contributed by atoms with E-state index in [4.69, 9.17) is 9.31 Å². The van der Waals surface area contributed by atoms with Gasteiger partial charge in [0.25, 0.3) is 0 Å². The van der Waals surface area contributed by atoms with Gasteiger partial charge in [-0.25, -0.2) is 0 Å². The Morgan fingerprint density at radius 1 is 1.05 bits per heavy atom. The third-order valence-corrected chi connectivity index (χ3v) is 9.21. The van der Waals surface area contributed by atoms with Crippen LogP contribution in [0.1, 0.15) is 34.6 Å². The number of hydrogen-bond donors (Lipinski definition) is 0. The van der Waals surface area contributed by atoms with Crippen LogP contribution in [0.25, 0.3) is 0 Å². The van der Waals surface area contributed by atoms with Crippen LogP contribution in [0, 0.1) is 0 Å². The van der Waals surface area contributed by atoms with Crippen molar-refractivity contribution < 1.29 is 9.31 Å².